The molecule has 0 aliphatic carbocycles. The van der Waals surface area contributed by atoms with Crippen LogP contribution in [-0.2, 0) is 20.7 Å². The Hall–Kier alpha value is -2.24. The molecule has 1 atom stereocenters. The van der Waals surface area contributed by atoms with Gasteiger partial charge in [0.25, 0.3) is 5.91 Å². The van der Waals surface area contributed by atoms with Gasteiger partial charge in [-0.2, -0.15) is 0 Å². The number of hydrogen-bond acceptors (Lipinski definition) is 4. The zero-order valence-electron chi connectivity index (χ0n) is 12.8. The predicted octanol–water partition coefficient (Wildman–Crippen LogP) is 3.81. The zero-order chi connectivity index (χ0) is 17.7. The fourth-order valence-electron chi connectivity index (χ4n) is 1.90. The minimum Gasteiger partial charge on any atom is -0.508 e. The van der Waals surface area contributed by atoms with E-state index in [0.29, 0.717) is 21.3 Å². The number of phenolic OH excluding ortho intramolecular Hbond substituents is 1. The minimum absolute atomic E-state index is 0.00415. The van der Waals surface area contributed by atoms with Crippen LogP contribution in [0.2, 0.25) is 10.0 Å². The number of hydrogen-bond donors (Lipinski definition) is 2. The van der Waals surface area contributed by atoms with Gasteiger partial charge in [0.1, 0.15) is 5.75 Å². The van der Waals surface area contributed by atoms with Gasteiger partial charge in [-0.05, 0) is 42.8 Å². The lowest BCUT2D eigenvalue weighted by Crippen LogP contribution is -2.30. The SMILES string of the molecule is C[C@@H](OC(=O)Cc1ccc(O)cc1)C(=O)Nc1cc(Cl)ccc1Cl. The highest BCUT2D eigenvalue weighted by molar-refractivity contribution is 6.35. The van der Waals surface area contributed by atoms with Crippen molar-refractivity contribution in [1.29, 1.82) is 0 Å². The van der Waals surface area contributed by atoms with Crippen molar-refractivity contribution in [1.82, 2.24) is 0 Å². The van der Waals surface area contributed by atoms with Gasteiger partial charge in [0.05, 0.1) is 17.1 Å². The lowest BCUT2D eigenvalue weighted by Gasteiger charge is -2.14. The molecule has 7 heteroatoms. The van der Waals surface area contributed by atoms with Crippen LogP contribution in [-0.4, -0.2) is 23.1 Å². The highest BCUT2D eigenvalue weighted by Gasteiger charge is 2.19. The van der Waals surface area contributed by atoms with Gasteiger partial charge in [0.15, 0.2) is 6.10 Å². The highest BCUT2D eigenvalue weighted by atomic mass is 35.5. The molecule has 0 radical (unpaired) electrons. The van der Waals surface area contributed by atoms with Crippen molar-refractivity contribution in [2.24, 2.45) is 0 Å². The summed E-state index contributed by atoms with van der Waals surface area (Å²) < 4.78 is 5.10. The fourth-order valence-corrected chi connectivity index (χ4v) is 2.24. The maximum absolute atomic E-state index is 12.1. The molecule has 0 aromatic heterocycles. The van der Waals surface area contributed by atoms with Gasteiger partial charge in [-0.25, -0.2) is 0 Å². The molecule has 2 aromatic rings. The number of anilines is 1. The summed E-state index contributed by atoms with van der Waals surface area (Å²) in [6, 6.07) is 10.8. The van der Waals surface area contributed by atoms with Crippen molar-refractivity contribution in [3.05, 3.63) is 58.1 Å². The highest BCUT2D eigenvalue weighted by Crippen LogP contribution is 2.25. The Morgan fingerprint density at radius 2 is 1.83 bits per heavy atom. The maximum atomic E-state index is 12.1. The van der Waals surface area contributed by atoms with Crippen LogP contribution >= 0.6 is 23.2 Å². The average Bonchev–Trinajstić information content (AvgIpc) is 2.53. The molecule has 126 valence electrons. The third kappa shape index (κ3) is 5.15. The fraction of sp³-hybridized carbons (Fsp3) is 0.176. The number of phenols is 1. The molecular weight excluding hydrogens is 353 g/mol. The topological polar surface area (TPSA) is 75.6 Å². The summed E-state index contributed by atoms with van der Waals surface area (Å²) in [5.74, 6) is -0.961. The average molecular weight is 368 g/mol. The van der Waals surface area contributed by atoms with E-state index in [-0.39, 0.29) is 12.2 Å². The number of rotatable bonds is 5. The number of nitrogens with one attached hydrogen (secondary N) is 1. The minimum atomic E-state index is -0.996. The Labute approximate surface area is 149 Å². The lowest BCUT2D eigenvalue weighted by molar-refractivity contribution is -0.152. The van der Waals surface area contributed by atoms with Crippen LogP contribution in [0.3, 0.4) is 0 Å². The Morgan fingerprint density at radius 1 is 1.17 bits per heavy atom. The van der Waals surface area contributed by atoms with Gasteiger partial charge in [-0.1, -0.05) is 35.3 Å². The zero-order valence-corrected chi connectivity index (χ0v) is 14.3. The van der Waals surface area contributed by atoms with E-state index in [1.54, 1.807) is 24.3 Å². The van der Waals surface area contributed by atoms with Gasteiger partial charge >= 0.3 is 5.97 Å². The van der Waals surface area contributed by atoms with Gasteiger partial charge in [-0.15, -0.1) is 0 Å². The predicted molar refractivity (Wildman–Crippen MR) is 92.5 cm³/mol. The third-order valence-corrected chi connectivity index (χ3v) is 3.71. The summed E-state index contributed by atoms with van der Waals surface area (Å²) in [5, 5.41) is 12.5. The Kier molecular flexibility index (Phi) is 6.06. The number of carbonyl (C=O) groups is 2. The monoisotopic (exact) mass is 367 g/mol. The molecule has 0 aliphatic rings. The Bertz CT molecular complexity index is 747. The Balaban J connectivity index is 1.92. The molecule has 0 saturated heterocycles. The van der Waals surface area contributed by atoms with Crippen LogP contribution in [0.4, 0.5) is 5.69 Å². The molecule has 2 aromatic carbocycles. The van der Waals surface area contributed by atoms with Gasteiger partial charge in [-0.3, -0.25) is 9.59 Å². The first kappa shape index (κ1) is 18.1. The van der Waals surface area contributed by atoms with E-state index in [9.17, 15) is 14.7 Å². The summed E-state index contributed by atoms with van der Waals surface area (Å²) >= 11 is 11.8. The van der Waals surface area contributed by atoms with Crippen molar-refractivity contribution in [3.8, 4) is 5.75 Å². The summed E-state index contributed by atoms with van der Waals surface area (Å²) in [6.45, 7) is 1.46. The van der Waals surface area contributed by atoms with Crippen molar-refractivity contribution in [3.63, 3.8) is 0 Å². The number of esters is 1. The van der Waals surface area contributed by atoms with Crippen LogP contribution in [0, 0.1) is 0 Å². The molecule has 0 heterocycles. The normalized spacial score (nSPS) is 11.6. The largest absolute Gasteiger partial charge is 0.508 e. The molecule has 0 spiro atoms. The van der Waals surface area contributed by atoms with Crippen LogP contribution < -0.4 is 5.32 Å². The molecule has 0 saturated carbocycles. The van der Waals surface area contributed by atoms with Crippen molar-refractivity contribution in [2.75, 3.05) is 5.32 Å². The van der Waals surface area contributed by atoms with Gasteiger partial charge in [0.2, 0.25) is 0 Å². The van der Waals surface area contributed by atoms with E-state index < -0.39 is 18.0 Å². The lowest BCUT2D eigenvalue weighted by atomic mass is 10.1. The summed E-state index contributed by atoms with van der Waals surface area (Å²) in [6.07, 6.45) is -1.000. The quantitative estimate of drug-likeness (QED) is 0.787. The van der Waals surface area contributed by atoms with E-state index in [0.717, 1.165) is 0 Å². The molecule has 0 aliphatic heterocycles. The second kappa shape index (κ2) is 8.04. The number of carbonyl (C=O) groups excluding carboxylic acids is 2. The van der Waals surface area contributed by atoms with Crippen molar-refractivity contribution in [2.45, 2.75) is 19.4 Å². The molecule has 1 amide bonds. The van der Waals surface area contributed by atoms with Crippen molar-refractivity contribution < 1.29 is 19.4 Å². The maximum Gasteiger partial charge on any atom is 0.311 e. The summed E-state index contributed by atoms with van der Waals surface area (Å²) in [4.78, 5) is 24.0. The van der Waals surface area contributed by atoms with E-state index in [1.165, 1.54) is 25.1 Å². The molecule has 0 bridgehead atoms. The summed E-state index contributed by atoms with van der Waals surface area (Å²) in [5.41, 5.74) is 1.01. The van der Waals surface area contributed by atoms with Crippen LogP contribution in [0.1, 0.15) is 12.5 Å². The molecular formula is C17H15Cl2NO4. The van der Waals surface area contributed by atoms with Gasteiger partial charge < -0.3 is 15.2 Å². The number of ether oxygens (including phenoxy) is 1. The molecule has 0 fully saturated rings. The van der Waals surface area contributed by atoms with Crippen molar-refractivity contribution >= 4 is 40.8 Å². The van der Waals surface area contributed by atoms with Crippen LogP contribution in [0.5, 0.6) is 5.75 Å². The second-order valence-corrected chi connectivity index (χ2v) is 5.93. The Morgan fingerprint density at radius 3 is 2.50 bits per heavy atom. The van der Waals surface area contributed by atoms with Crippen LogP contribution in [0.15, 0.2) is 42.5 Å². The van der Waals surface area contributed by atoms with Gasteiger partial charge in [0, 0.05) is 5.02 Å². The van der Waals surface area contributed by atoms with E-state index in [4.69, 9.17) is 27.9 Å². The summed E-state index contributed by atoms with van der Waals surface area (Å²) in [7, 11) is 0. The number of halogens is 2. The molecule has 5 nitrogen and oxygen atoms in total. The van der Waals surface area contributed by atoms with E-state index in [2.05, 4.69) is 5.32 Å². The first-order chi connectivity index (χ1) is 11.3. The smallest absolute Gasteiger partial charge is 0.311 e. The molecule has 24 heavy (non-hydrogen) atoms. The standard InChI is InChI=1S/C17H15Cl2NO4/c1-10(17(23)20-15-9-12(18)4-7-14(15)19)24-16(22)8-11-2-5-13(21)6-3-11/h2-7,9-10,21H,8H2,1H3,(H,20,23)/t10-/m1/s1. The number of aromatic hydroxyl groups is 1. The molecule has 2 N–H and O–H groups in total. The van der Waals surface area contributed by atoms with Crippen LogP contribution in [0.25, 0.3) is 0 Å². The first-order valence-corrected chi connectivity index (χ1v) is 7.84. The number of amides is 1. The number of benzene rings is 2. The first-order valence-electron chi connectivity index (χ1n) is 7.08. The third-order valence-electron chi connectivity index (χ3n) is 3.15. The van der Waals surface area contributed by atoms with E-state index >= 15 is 0 Å². The van der Waals surface area contributed by atoms with E-state index in [1.807, 2.05) is 0 Å². The second-order valence-electron chi connectivity index (χ2n) is 5.09. The molecule has 0 unspecified atom stereocenters. The molecule has 2 rings (SSSR count).